The van der Waals surface area contributed by atoms with Crippen LogP contribution in [0.5, 0.6) is 0 Å². The second-order valence-corrected chi connectivity index (χ2v) is 4.20. The fourth-order valence-corrected chi connectivity index (χ4v) is 2.12. The summed E-state index contributed by atoms with van der Waals surface area (Å²) in [7, 11) is 0. The van der Waals surface area contributed by atoms with Crippen LogP contribution in [0.4, 0.5) is 0 Å². The molecule has 0 amide bonds. The van der Waals surface area contributed by atoms with Gasteiger partial charge < -0.3 is 10.4 Å². The van der Waals surface area contributed by atoms with Crippen molar-refractivity contribution in [3.63, 3.8) is 0 Å². The van der Waals surface area contributed by atoms with Gasteiger partial charge in [-0.3, -0.25) is 9.48 Å². The largest absolute Gasteiger partial charge is 0.480 e. The lowest BCUT2D eigenvalue weighted by Gasteiger charge is -2.26. The van der Waals surface area contributed by atoms with Crippen LogP contribution in [0.1, 0.15) is 31.2 Å². The summed E-state index contributed by atoms with van der Waals surface area (Å²) in [5, 5.41) is 16.2. The van der Waals surface area contributed by atoms with Crippen LogP contribution in [0.3, 0.4) is 0 Å². The number of rotatable bonds is 3. The average molecular weight is 223 g/mol. The third-order valence-corrected chi connectivity index (χ3v) is 3.16. The van der Waals surface area contributed by atoms with Crippen LogP contribution in [0.15, 0.2) is 12.4 Å². The number of aliphatic carboxylic acids is 1. The first-order valence-corrected chi connectivity index (χ1v) is 5.69. The van der Waals surface area contributed by atoms with Crippen LogP contribution < -0.4 is 5.32 Å². The van der Waals surface area contributed by atoms with E-state index >= 15 is 0 Å². The molecule has 0 aromatic carbocycles. The molecule has 0 bridgehead atoms. The third kappa shape index (κ3) is 2.24. The van der Waals surface area contributed by atoms with Crippen LogP contribution >= 0.6 is 0 Å². The second kappa shape index (κ2) is 4.65. The molecule has 0 aliphatic carbocycles. The third-order valence-electron chi connectivity index (χ3n) is 3.16. The topological polar surface area (TPSA) is 67.2 Å². The van der Waals surface area contributed by atoms with Crippen molar-refractivity contribution in [3.05, 3.63) is 18.0 Å². The lowest BCUT2D eigenvalue weighted by Crippen LogP contribution is -2.43. The Morgan fingerprint density at radius 3 is 3.00 bits per heavy atom. The van der Waals surface area contributed by atoms with Gasteiger partial charge in [0.1, 0.15) is 6.04 Å². The van der Waals surface area contributed by atoms with E-state index in [1.807, 2.05) is 17.1 Å². The minimum Gasteiger partial charge on any atom is -0.480 e. The molecule has 1 aliphatic heterocycles. The molecule has 1 aromatic heterocycles. The van der Waals surface area contributed by atoms with Gasteiger partial charge in [0.05, 0.1) is 6.20 Å². The molecule has 1 aliphatic rings. The van der Waals surface area contributed by atoms with E-state index < -0.39 is 5.97 Å². The van der Waals surface area contributed by atoms with Gasteiger partial charge in [-0.2, -0.15) is 5.10 Å². The normalized spacial score (nSPS) is 25.6. The molecule has 5 nitrogen and oxygen atoms in total. The molecule has 2 atom stereocenters. The number of carboxylic acids is 1. The quantitative estimate of drug-likeness (QED) is 0.796. The van der Waals surface area contributed by atoms with E-state index in [4.69, 9.17) is 5.11 Å². The molecule has 2 heterocycles. The summed E-state index contributed by atoms with van der Waals surface area (Å²) in [6, 6.07) is -0.377. The van der Waals surface area contributed by atoms with Crippen LogP contribution in [0.2, 0.25) is 0 Å². The van der Waals surface area contributed by atoms with Crippen molar-refractivity contribution >= 4 is 5.97 Å². The fraction of sp³-hybridized carbons (Fsp3) is 0.636. The van der Waals surface area contributed by atoms with Crippen molar-refractivity contribution in [2.24, 2.45) is 0 Å². The lowest BCUT2D eigenvalue weighted by atomic mass is 9.90. The van der Waals surface area contributed by atoms with Crippen LogP contribution in [-0.2, 0) is 11.3 Å². The zero-order valence-electron chi connectivity index (χ0n) is 9.39. The molecule has 2 rings (SSSR count). The first-order chi connectivity index (χ1) is 7.70. The number of nitrogens with one attached hydrogen (secondary N) is 1. The molecule has 0 saturated carbocycles. The van der Waals surface area contributed by atoms with Gasteiger partial charge in [0, 0.05) is 19.3 Å². The summed E-state index contributed by atoms with van der Waals surface area (Å²) in [4.78, 5) is 10.8. The molecule has 1 aromatic rings. The number of carbonyl (C=O) groups is 1. The molecule has 2 N–H and O–H groups in total. The Balaban J connectivity index is 1.96. The molecular formula is C11H17N3O2. The highest BCUT2D eigenvalue weighted by Crippen LogP contribution is 2.24. The Morgan fingerprint density at radius 1 is 1.69 bits per heavy atom. The Labute approximate surface area is 94.5 Å². The van der Waals surface area contributed by atoms with E-state index in [2.05, 4.69) is 17.3 Å². The van der Waals surface area contributed by atoms with Gasteiger partial charge in [-0.15, -0.1) is 0 Å². The highest BCUT2D eigenvalue weighted by Gasteiger charge is 2.26. The van der Waals surface area contributed by atoms with Crippen LogP contribution in [-0.4, -0.2) is 33.4 Å². The van der Waals surface area contributed by atoms with E-state index in [0.717, 1.165) is 19.5 Å². The predicted molar refractivity (Wildman–Crippen MR) is 59.3 cm³/mol. The summed E-state index contributed by atoms with van der Waals surface area (Å²) in [6.45, 7) is 3.65. The second-order valence-electron chi connectivity index (χ2n) is 4.20. The lowest BCUT2D eigenvalue weighted by molar-refractivity contribution is -0.140. The first-order valence-electron chi connectivity index (χ1n) is 5.69. The summed E-state index contributed by atoms with van der Waals surface area (Å²) in [6.07, 6.45) is 5.54. The Morgan fingerprint density at radius 2 is 2.50 bits per heavy atom. The fourth-order valence-electron chi connectivity index (χ4n) is 2.12. The van der Waals surface area contributed by atoms with Gasteiger partial charge in [0.25, 0.3) is 0 Å². The highest BCUT2D eigenvalue weighted by atomic mass is 16.4. The molecule has 16 heavy (non-hydrogen) atoms. The van der Waals surface area contributed by atoms with E-state index in [-0.39, 0.29) is 6.04 Å². The molecule has 0 radical (unpaired) electrons. The minimum atomic E-state index is -0.747. The predicted octanol–water partition coefficient (Wildman–Crippen LogP) is 0.823. The number of piperidine rings is 1. The molecule has 2 unspecified atom stereocenters. The number of nitrogens with zero attached hydrogens (tertiary/aromatic N) is 2. The van der Waals surface area contributed by atoms with Crippen LogP contribution in [0.25, 0.3) is 0 Å². The van der Waals surface area contributed by atoms with Crippen molar-refractivity contribution in [1.82, 2.24) is 15.1 Å². The van der Waals surface area contributed by atoms with Crippen LogP contribution in [0, 0.1) is 0 Å². The number of carboxylic acid groups (broad SMARTS) is 1. The molecule has 1 saturated heterocycles. The molecular weight excluding hydrogens is 206 g/mol. The summed E-state index contributed by atoms with van der Waals surface area (Å²) in [5.41, 5.74) is 1.21. The summed E-state index contributed by atoms with van der Waals surface area (Å²) >= 11 is 0. The van der Waals surface area contributed by atoms with Gasteiger partial charge >= 0.3 is 5.97 Å². The maximum absolute atomic E-state index is 10.8. The molecule has 1 fully saturated rings. The highest BCUT2D eigenvalue weighted by molar-refractivity contribution is 5.73. The standard InChI is InChI=1S/C11H17N3O2/c1-2-14-7-9(6-13-14)8-3-4-10(11(15)16)12-5-8/h6-8,10,12H,2-5H2,1H3,(H,15,16). The minimum absolute atomic E-state index is 0.377. The van der Waals surface area contributed by atoms with Crippen molar-refractivity contribution < 1.29 is 9.90 Å². The van der Waals surface area contributed by atoms with E-state index in [9.17, 15) is 4.79 Å². The number of aryl methyl sites for hydroxylation is 1. The van der Waals surface area contributed by atoms with E-state index in [1.54, 1.807) is 0 Å². The number of hydrogen-bond acceptors (Lipinski definition) is 3. The molecule has 5 heteroatoms. The van der Waals surface area contributed by atoms with Gasteiger partial charge in [-0.1, -0.05) is 0 Å². The van der Waals surface area contributed by atoms with Gasteiger partial charge in [0.2, 0.25) is 0 Å². The molecule has 88 valence electrons. The van der Waals surface area contributed by atoms with E-state index in [1.165, 1.54) is 5.56 Å². The average Bonchev–Trinajstić information content (AvgIpc) is 2.77. The first kappa shape index (κ1) is 11.1. The zero-order chi connectivity index (χ0) is 11.5. The smallest absolute Gasteiger partial charge is 0.320 e. The Hall–Kier alpha value is -1.36. The van der Waals surface area contributed by atoms with Gasteiger partial charge in [-0.05, 0) is 31.2 Å². The maximum Gasteiger partial charge on any atom is 0.320 e. The zero-order valence-corrected chi connectivity index (χ0v) is 9.39. The van der Waals surface area contributed by atoms with E-state index in [0.29, 0.717) is 12.3 Å². The number of hydrogen-bond donors (Lipinski definition) is 2. The maximum atomic E-state index is 10.8. The summed E-state index contributed by atoms with van der Waals surface area (Å²) in [5.74, 6) is -0.349. The van der Waals surface area contributed by atoms with Crippen molar-refractivity contribution in [1.29, 1.82) is 0 Å². The Kier molecular flexibility index (Phi) is 3.24. The molecule has 0 spiro atoms. The van der Waals surface area contributed by atoms with Gasteiger partial charge in [-0.25, -0.2) is 0 Å². The number of aromatic nitrogens is 2. The SMILES string of the molecule is CCn1cc(C2CCC(C(=O)O)NC2)cn1. The van der Waals surface area contributed by atoms with Crippen molar-refractivity contribution in [2.45, 2.75) is 38.3 Å². The van der Waals surface area contributed by atoms with Gasteiger partial charge in [0.15, 0.2) is 0 Å². The van der Waals surface area contributed by atoms with Crippen molar-refractivity contribution in [3.8, 4) is 0 Å². The Bertz CT molecular complexity index is 367. The van der Waals surface area contributed by atoms with Crippen molar-refractivity contribution in [2.75, 3.05) is 6.54 Å². The summed E-state index contributed by atoms with van der Waals surface area (Å²) < 4.78 is 1.90. The monoisotopic (exact) mass is 223 g/mol.